The Morgan fingerprint density at radius 2 is 2.14 bits per heavy atom. The predicted octanol–water partition coefficient (Wildman–Crippen LogP) is -0.573. The second-order valence-corrected chi connectivity index (χ2v) is 2.49. The van der Waals surface area contributed by atoms with Crippen LogP contribution in [-0.2, 0) is 7.05 Å². The van der Waals surface area contributed by atoms with Gasteiger partial charge in [0.2, 0.25) is 0 Å². The molecule has 0 unspecified atom stereocenters. The molecule has 1 aromatic heterocycles. The van der Waals surface area contributed by atoms with Crippen LogP contribution in [0.2, 0.25) is 0 Å². The summed E-state index contributed by atoms with van der Waals surface area (Å²) in [6.07, 6.45) is 3.65. The first-order chi connectivity index (χ1) is 6.72. The van der Waals surface area contributed by atoms with Crippen LogP contribution in [0.25, 0.3) is 0 Å². The number of aryl methyl sites for hydroxylation is 1. The van der Waals surface area contributed by atoms with Gasteiger partial charge in [0.05, 0.1) is 5.36 Å². The van der Waals surface area contributed by atoms with Gasteiger partial charge >= 0.3 is 0 Å². The standard InChI is InChI=1S/C7H10N6O/c1-13-4-2-6(3-5-13)9-12-10-7(8)11-14/h2-5,12H,1H3,(H2,8,10). The lowest BCUT2D eigenvalue weighted by molar-refractivity contribution is 0.767. The van der Waals surface area contributed by atoms with Gasteiger partial charge in [0, 0.05) is 24.6 Å². The SMILES string of the molecule is Cn1ccc(=NN/N=C(\N)N=O)cc1. The number of hydrogen-bond donors (Lipinski definition) is 2. The van der Waals surface area contributed by atoms with Crippen LogP contribution in [0.3, 0.4) is 0 Å². The normalized spacial score (nSPS) is 10.8. The Labute approximate surface area is 79.9 Å². The molecule has 0 aromatic carbocycles. The largest absolute Gasteiger partial charge is 0.364 e. The fourth-order valence-corrected chi connectivity index (χ4v) is 0.722. The summed E-state index contributed by atoms with van der Waals surface area (Å²) in [5.74, 6) is -0.393. The molecular weight excluding hydrogens is 184 g/mol. The van der Waals surface area contributed by atoms with Crippen molar-refractivity contribution in [3.63, 3.8) is 0 Å². The van der Waals surface area contributed by atoms with Gasteiger partial charge in [-0.05, 0) is 12.1 Å². The number of hydrazone groups is 1. The lowest BCUT2D eigenvalue weighted by Crippen LogP contribution is -2.14. The van der Waals surface area contributed by atoms with E-state index in [4.69, 9.17) is 5.73 Å². The van der Waals surface area contributed by atoms with Crippen molar-refractivity contribution in [2.24, 2.45) is 28.2 Å². The number of nitrogens with one attached hydrogen (secondary N) is 1. The number of rotatable bonds is 2. The summed E-state index contributed by atoms with van der Waals surface area (Å²) in [6, 6.07) is 3.54. The van der Waals surface area contributed by atoms with Crippen molar-refractivity contribution in [1.82, 2.24) is 10.1 Å². The van der Waals surface area contributed by atoms with E-state index < -0.39 is 5.96 Å². The van der Waals surface area contributed by atoms with Crippen molar-refractivity contribution in [1.29, 1.82) is 0 Å². The number of aromatic nitrogens is 1. The third-order valence-electron chi connectivity index (χ3n) is 1.40. The van der Waals surface area contributed by atoms with Gasteiger partial charge in [-0.3, -0.25) is 0 Å². The molecule has 7 nitrogen and oxygen atoms in total. The van der Waals surface area contributed by atoms with Gasteiger partial charge in [-0.1, -0.05) is 0 Å². The molecule has 0 radical (unpaired) electrons. The van der Waals surface area contributed by atoms with E-state index in [1.807, 2.05) is 24.0 Å². The monoisotopic (exact) mass is 194 g/mol. The number of guanidine groups is 1. The minimum Gasteiger partial charge on any atom is -0.364 e. The summed E-state index contributed by atoms with van der Waals surface area (Å²) in [6.45, 7) is 0. The molecule has 0 aliphatic carbocycles. The van der Waals surface area contributed by atoms with Crippen LogP contribution in [0.4, 0.5) is 0 Å². The molecule has 0 saturated heterocycles. The molecule has 0 fully saturated rings. The van der Waals surface area contributed by atoms with Gasteiger partial charge in [0.15, 0.2) is 0 Å². The highest BCUT2D eigenvalue weighted by atomic mass is 16.3. The third kappa shape index (κ3) is 3.05. The molecule has 0 saturated carbocycles. The number of hydrogen-bond acceptors (Lipinski definition) is 4. The van der Waals surface area contributed by atoms with E-state index >= 15 is 0 Å². The molecule has 14 heavy (non-hydrogen) atoms. The molecule has 0 bridgehead atoms. The second-order valence-electron chi connectivity index (χ2n) is 2.49. The molecule has 0 atom stereocenters. The zero-order chi connectivity index (χ0) is 10.4. The maximum Gasteiger partial charge on any atom is 0.280 e. The average molecular weight is 194 g/mol. The molecule has 0 aliphatic rings. The summed E-state index contributed by atoms with van der Waals surface area (Å²) in [4.78, 5) is 9.80. The third-order valence-corrected chi connectivity index (χ3v) is 1.40. The van der Waals surface area contributed by atoms with E-state index in [1.165, 1.54) is 0 Å². The number of pyridine rings is 1. The van der Waals surface area contributed by atoms with E-state index in [0.717, 1.165) is 0 Å². The Morgan fingerprint density at radius 1 is 1.50 bits per heavy atom. The quantitative estimate of drug-likeness (QED) is 0.285. The maximum atomic E-state index is 9.80. The minimum absolute atomic E-state index is 0.393. The van der Waals surface area contributed by atoms with E-state index in [9.17, 15) is 4.91 Å². The Kier molecular flexibility index (Phi) is 3.36. The fraction of sp³-hybridized carbons (Fsp3) is 0.143. The van der Waals surface area contributed by atoms with Crippen molar-refractivity contribution in [2.75, 3.05) is 0 Å². The molecule has 0 aliphatic heterocycles. The van der Waals surface area contributed by atoms with Crippen LogP contribution in [0.15, 0.2) is 39.9 Å². The van der Waals surface area contributed by atoms with Crippen LogP contribution >= 0.6 is 0 Å². The van der Waals surface area contributed by atoms with Gasteiger partial charge in [0.25, 0.3) is 5.96 Å². The summed E-state index contributed by atoms with van der Waals surface area (Å²) in [7, 11) is 1.89. The smallest absolute Gasteiger partial charge is 0.280 e. The van der Waals surface area contributed by atoms with Crippen LogP contribution in [0.1, 0.15) is 0 Å². The van der Waals surface area contributed by atoms with Gasteiger partial charge < -0.3 is 10.3 Å². The lowest BCUT2D eigenvalue weighted by atomic mass is 10.5. The predicted molar refractivity (Wildman–Crippen MR) is 51.5 cm³/mol. The van der Waals surface area contributed by atoms with Gasteiger partial charge in [0.1, 0.15) is 0 Å². The van der Waals surface area contributed by atoms with Crippen molar-refractivity contribution in [3.05, 3.63) is 34.8 Å². The minimum atomic E-state index is -0.393. The first kappa shape index (κ1) is 9.90. The highest BCUT2D eigenvalue weighted by Crippen LogP contribution is 1.75. The Balaban J connectivity index is 2.70. The van der Waals surface area contributed by atoms with E-state index in [0.29, 0.717) is 5.36 Å². The molecule has 0 amide bonds. The van der Waals surface area contributed by atoms with Crippen LogP contribution < -0.4 is 16.6 Å². The molecular formula is C7H10N6O. The zero-order valence-electron chi connectivity index (χ0n) is 7.58. The topological polar surface area (TPSA) is 97.1 Å². The maximum absolute atomic E-state index is 9.80. The number of nitrogens with two attached hydrogens (primary N) is 1. The summed E-state index contributed by atoms with van der Waals surface area (Å²) in [5, 5.41) is 10.2. The van der Waals surface area contributed by atoms with E-state index in [2.05, 4.69) is 20.9 Å². The van der Waals surface area contributed by atoms with Crippen LogP contribution in [-0.4, -0.2) is 10.5 Å². The fourth-order valence-electron chi connectivity index (χ4n) is 0.722. The Hall–Kier alpha value is -2.18. The summed E-state index contributed by atoms with van der Waals surface area (Å²) < 4.78 is 1.86. The summed E-state index contributed by atoms with van der Waals surface area (Å²) in [5.41, 5.74) is 7.26. The molecule has 7 heteroatoms. The zero-order valence-corrected chi connectivity index (χ0v) is 7.58. The number of nitrogens with zero attached hydrogens (tertiary/aromatic N) is 4. The molecule has 74 valence electrons. The van der Waals surface area contributed by atoms with Crippen LogP contribution in [0.5, 0.6) is 0 Å². The molecule has 1 aromatic rings. The van der Waals surface area contributed by atoms with Crippen molar-refractivity contribution < 1.29 is 0 Å². The van der Waals surface area contributed by atoms with E-state index in [-0.39, 0.29) is 0 Å². The Bertz CT molecular complexity index is 386. The second kappa shape index (κ2) is 4.75. The molecule has 1 rings (SSSR count). The lowest BCUT2D eigenvalue weighted by Gasteiger charge is -1.94. The molecule has 3 N–H and O–H groups in total. The summed E-state index contributed by atoms with van der Waals surface area (Å²) >= 11 is 0. The Morgan fingerprint density at radius 3 is 2.71 bits per heavy atom. The van der Waals surface area contributed by atoms with Crippen molar-refractivity contribution in [2.45, 2.75) is 0 Å². The first-order valence-corrected chi connectivity index (χ1v) is 3.80. The molecule has 0 spiro atoms. The van der Waals surface area contributed by atoms with Crippen LogP contribution in [0, 0.1) is 4.91 Å². The number of nitroso groups, excluding NO2 is 1. The highest BCUT2D eigenvalue weighted by Gasteiger charge is 1.84. The van der Waals surface area contributed by atoms with Gasteiger partial charge in [-0.2, -0.15) is 10.6 Å². The van der Waals surface area contributed by atoms with Gasteiger partial charge in [-0.25, -0.2) is 0 Å². The van der Waals surface area contributed by atoms with Gasteiger partial charge in [-0.15, -0.1) is 10.0 Å². The first-order valence-electron chi connectivity index (χ1n) is 3.80. The van der Waals surface area contributed by atoms with E-state index in [1.54, 1.807) is 12.1 Å². The molecule has 1 heterocycles. The van der Waals surface area contributed by atoms with Crippen molar-refractivity contribution in [3.8, 4) is 0 Å². The average Bonchev–Trinajstić information content (AvgIpc) is 2.21. The van der Waals surface area contributed by atoms with Crippen molar-refractivity contribution >= 4 is 5.96 Å². The highest BCUT2D eigenvalue weighted by molar-refractivity contribution is 5.78.